The van der Waals surface area contributed by atoms with Gasteiger partial charge in [-0.2, -0.15) is 20.1 Å². The van der Waals surface area contributed by atoms with E-state index in [-0.39, 0.29) is 5.91 Å². The number of likely N-dealkylation sites (N-methyl/N-ethyl adjacent to an activating group) is 1. The van der Waals surface area contributed by atoms with E-state index < -0.39 is 0 Å². The molecule has 0 atom stereocenters. The highest BCUT2D eigenvalue weighted by molar-refractivity contribution is 7.99. The van der Waals surface area contributed by atoms with E-state index >= 15 is 0 Å². The minimum atomic E-state index is -0.0964. The molecular weight excluding hydrogens is 438 g/mol. The first-order chi connectivity index (χ1) is 16.0. The van der Waals surface area contributed by atoms with Crippen LogP contribution in [0.15, 0.2) is 40.4 Å². The number of carbonyl (C=O) groups excluding carboxylic acids is 1. The summed E-state index contributed by atoms with van der Waals surface area (Å²) in [7, 11) is 2.12. The molecule has 0 saturated carbocycles. The van der Waals surface area contributed by atoms with E-state index in [9.17, 15) is 4.79 Å². The van der Waals surface area contributed by atoms with Crippen molar-refractivity contribution < 1.29 is 4.79 Å². The summed E-state index contributed by atoms with van der Waals surface area (Å²) < 4.78 is 0. The van der Waals surface area contributed by atoms with Gasteiger partial charge in [0.2, 0.25) is 17.8 Å². The number of nitrogens with one attached hydrogen (secondary N) is 3. The molecule has 11 heteroatoms. The van der Waals surface area contributed by atoms with Crippen LogP contribution in [0.1, 0.15) is 26.0 Å². The fourth-order valence-corrected chi connectivity index (χ4v) is 4.19. The Kier molecular flexibility index (Phi) is 7.40. The Bertz CT molecular complexity index is 1080. The van der Waals surface area contributed by atoms with Crippen LogP contribution in [0.3, 0.4) is 0 Å². The van der Waals surface area contributed by atoms with Gasteiger partial charge in [-0.1, -0.05) is 13.3 Å². The maximum Gasteiger partial charge on any atom is 0.234 e. The molecule has 3 N–H and O–H groups in total. The van der Waals surface area contributed by atoms with E-state index in [0.29, 0.717) is 22.9 Å². The molecule has 3 heterocycles. The van der Waals surface area contributed by atoms with Crippen molar-refractivity contribution in [3.05, 3.63) is 36.0 Å². The molecule has 3 aromatic rings. The molecule has 1 aliphatic rings. The quantitative estimate of drug-likeness (QED) is 0.459. The molecule has 0 bridgehead atoms. The van der Waals surface area contributed by atoms with Gasteiger partial charge in [0.15, 0.2) is 11.0 Å². The van der Waals surface area contributed by atoms with Crippen LogP contribution in [0.4, 0.5) is 23.4 Å². The Morgan fingerprint density at radius 1 is 1.12 bits per heavy atom. The van der Waals surface area contributed by atoms with Crippen molar-refractivity contribution in [3.63, 3.8) is 0 Å². The topological polar surface area (TPSA) is 115 Å². The number of piperazine rings is 1. The van der Waals surface area contributed by atoms with Gasteiger partial charge in [0, 0.05) is 55.4 Å². The molecule has 0 radical (unpaired) electrons. The summed E-state index contributed by atoms with van der Waals surface area (Å²) in [5, 5.41) is 14.0. The van der Waals surface area contributed by atoms with E-state index in [0.717, 1.165) is 55.3 Å². The van der Waals surface area contributed by atoms with Gasteiger partial charge >= 0.3 is 0 Å². The lowest BCUT2D eigenvalue weighted by atomic mass is 10.2. The molecule has 2 aromatic heterocycles. The highest BCUT2D eigenvalue weighted by atomic mass is 32.2. The van der Waals surface area contributed by atoms with Gasteiger partial charge < -0.3 is 20.4 Å². The average molecular weight is 468 g/mol. The number of rotatable bonds is 8. The lowest BCUT2D eigenvalue weighted by Gasteiger charge is -2.32. The van der Waals surface area contributed by atoms with Crippen molar-refractivity contribution in [2.24, 2.45) is 0 Å². The molecule has 1 aliphatic heterocycles. The first-order valence-electron chi connectivity index (χ1n) is 11.0. The maximum absolute atomic E-state index is 11.3. The van der Waals surface area contributed by atoms with Gasteiger partial charge in [0.05, 0.1) is 0 Å². The molecule has 33 heavy (non-hydrogen) atoms. The molecule has 4 rings (SSSR count). The van der Waals surface area contributed by atoms with Crippen LogP contribution >= 0.6 is 11.8 Å². The van der Waals surface area contributed by atoms with E-state index in [1.54, 1.807) is 0 Å². The predicted molar refractivity (Wildman–Crippen MR) is 130 cm³/mol. The lowest BCUT2D eigenvalue weighted by Crippen LogP contribution is -2.45. The summed E-state index contributed by atoms with van der Waals surface area (Å²) >= 11 is 1.45. The standard InChI is InChI=1S/C22H29N9OS/c1-4-5-17-14-19(29-28-17)24-20-25-21(31-12-10-30(3)11-13-31)27-22(26-20)33-18-8-6-16(7-9-18)23-15(2)32/h6-9,14H,4-5,10-13H2,1-3H3,(H,23,32)(H2,24,25,26,27,28,29). The summed E-state index contributed by atoms with van der Waals surface area (Å²) in [6, 6.07) is 9.59. The van der Waals surface area contributed by atoms with Gasteiger partial charge in [-0.25, -0.2) is 0 Å². The zero-order chi connectivity index (χ0) is 23.2. The maximum atomic E-state index is 11.3. The zero-order valence-electron chi connectivity index (χ0n) is 19.1. The highest BCUT2D eigenvalue weighted by Crippen LogP contribution is 2.28. The monoisotopic (exact) mass is 467 g/mol. The minimum absolute atomic E-state index is 0.0964. The number of aryl methyl sites for hydroxylation is 1. The SMILES string of the molecule is CCCc1cc(Nc2nc(Sc3ccc(NC(C)=O)cc3)nc(N3CCN(C)CC3)n2)n[nH]1. The molecule has 174 valence electrons. The number of hydrogen-bond donors (Lipinski definition) is 3. The molecule has 0 unspecified atom stereocenters. The van der Waals surface area contributed by atoms with Gasteiger partial charge in [-0.05, 0) is 49.5 Å². The van der Waals surface area contributed by atoms with E-state index in [2.05, 4.69) is 54.6 Å². The molecule has 10 nitrogen and oxygen atoms in total. The molecule has 1 saturated heterocycles. The van der Waals surface area contributed by atoms with Crippen LogP contribution in [-0.2, 0) is 11.2 Å². The third-order valence-corrected chi connectivity index (χ3v) is 6.04. The number of aromatic amines is 1. The van der Waals surface area contributed by atoms with Crippen molar-refractivity contribution in [2.45, 2.75) is 36.7 Å². The number of H-pyrrole nitrogens is 1. The summed E-state index contributed by atoms with van der Waals surface area (Å²) in [5.74, 6) is 1.71. The number of benzene rings is 1. The van der Waals surface area contributed by atoms with Crippen LogP contribution in [0.5, 0.6) is 0 Å². The average Bonchev–Trinajstić information content (AvgIpc) is 3.22. The molecular formula is C22H29N9OS. The summed E-state index contributed by atoms with van der Waals surface area (Å²) in [6.45, 7) is 7.26. The minimum Gasteiger partial charge on any atom is -0.338 e. The second-order valence-electron chi connectivity index (χ2n) is 7.99. The summed E-state index contributed by atoms with van der Waals surface area (Å²) in [5.41, 5.74) is 1.83. The smallest absolute Gasteiger partial charge is 0.234 e. The number of amides is 1. The zero-order valence-corrected chi connectivity index (χ0v) is 19.9. The van der Waals surface area contributed by atoms with E-state index in [1.165, 1.54) is 18.7 Å². The van der Waals surface area contributed by atoms with Crippen molar-refractivity contribution in [3.8, 4) is 0 Å². The van der Waals surface area contributed by atoms with Crippen LogP contribution in [0.2, 0.25) is 0 Å². The van der Waals surface area contributed by atoms with Crippen molar-refractivity contribution >= 4 is 41.1 Å². The molecule has 1 fully saturated rings. The van der Waals surface area contributed by atoms with Gasteiger partial charge in [0.25, 0.3) is 0 Å². The lowest BCUT2D eigenvalue weighted by molar-refractivity contribution is -0.114. The normalized spacial score (nSPS) is 14.3. The Balaban J connectivity index is 1.57. The molecule has 0 spiro atoms. The third-order valence-electron chi connectivity index (χ3n) is 5.16. The largest absolute Gasteiger partial charge is 0.338 e. The van der Waals surface area contributed by atoms with Gasteiger partial charge in [-0.15, -0.1) is 0 Å². The Hall–Kier alpha value is -3.18. The van der Waals surface area contributed by atoms with E-state index in [1.807, 2.05) is 30.3 Å². The van der Waals surface area contributed by atoms with E-state index in [4.69, 9.17) is 4.98 Å². The summed E-state index contributed by atoms with van der Waals surface area (Å²) in [4.78, 5) is 30.7. The van der Waals surface area contributed by atoms with Crippen LogP contribution in [-0.4, -0.2) is 69.2 Å². The van der Waals surface area contributed by atoms with Gasteiger partial charge in [0.1, 0.15) is 0 Å². The molecule has 0 aliphatic carbocycles. The fraction of sp³-hybridized carbons (Fsp3) is 0.409. The second kappa shape index (κ2) is 10.6. The first-order valence-corrected chi connectivity index (χ1v) is 11.9. The van der Waals surface area contributed by atoms with Crippen LogP contribution in [0, 0.1) is 0 Å². The fourth-order valence-electron chi connectivity index (χ4n) is 3.45. The van der Waals surface area contributed by atoms with Crippen molar-refractivity contribution in [1.82, 2.24) is 30.0 Å². The first kappa shape index (κ1) is 23.0. The molecule has 1 aromatic carbocycles. The number of anilines is 4. The number of carbonyl (C=O) groups is 1. The highest BCUT2D eigenvalue weighted by Gasteiger charge is 2.19. The Morgan fingerprint density at radius 2 is 1.88 bits per heavy atom. The van der Waals surface area contributed by atoms with Crippen molar-refractivity contribution in [1.29, 1.82) is 0 Å². The Labute approximate surface area is 197 Å². The number of aromatic nitrogens is 5. The van der Waals surface area contributed by atoms with Crippen LogP contribution < -0.4 is 15.5 Å². The molecule has 1 amide bonds. The predicted octanol–water partition coefficient (Wildman–Crippen LogP) is 3.15. The number of nitrogens with zero attached hydrogens (tertiary/aromatic N) is 6. The van der Waals surface area contributed by atoms with Crippen LogP contribution in [0.25, 0.3) is 0 Å². The van der Waals surface area contributed by atoms with Gasteiger partial charge in [-0.3, -0.25) is 9.89 Å². The Morgan fingerprint density at radius 3 is 2.58 bits per heavy atom. The summed E-state index contributed by atoms with van der Waals surface area (Å²) in [6.07, 6.45) is 1.98. The van der Waals surface area contributed by atoms with Crippen molar-refractivity contribution in [2.75, 3.05) is 48.8 Å². The number of hydrogen-bond acceptors (Lipinski definition) is 9. The second-order valence-corrected chi connectivity index (χ2v) is 9.03. The third kappa shape index (κ3) is 6.42.